The third-order valence-electron chi connectivity index (χ3n) is 2.52. The molecular weight excluding hydrogens is 258 g/mol. The van der Waals surface area contributed by atoms with Crippen molar-refractivity contribution in [1.29, 1.82) is 0 Å². The second-order valence-electron chi connectivity index (χ2n) is 4.04. The Morgan fingerprint density at radius 1 is 1.25 bits per heavy atom. The number of rotatable bonds is 8. The van der Waals surface area contributed by atoms with Crippen molar-refractivity contribution in [2.45, 2.75) is 19.8 Å². The number of nitrogens with one attached hydrogen (secondary N) is 1. The summed E-state index contributed by atoms with van der Waals surface area (Å²) in [5.74, 6) is -0.774. The molecule has 0 aliphatic rings. The van der Waals surface area contributed by atoms with Gasteiger partial charge in [0.1, 0.15) is 5.70 Å². The lowest BCUT2D eigenvalue weighted by Crippen LogP contribution is -2.22. The number of hydroxylamine groups is 1. The molecule has 0 bridgehead atoms. The highest BCUT2D eigenvalue weighted by atomic mass is 16.6. The Labute approximate surface area is 118 Å². The summed E-state index contributed by atoms with van der Waals surface area (Å²) in [6, 6.07) is 9.68. The zero-order valence-electron chi connectivity index (χ0n) is 11.7. The molecule has 5 nitrogen and oxygen atoms in total. The van der Waals surface area contributed by atoms with Gasteiger partial charge in [0, 0.05) is 12.5 Å². The number of hydrogen-bond donors (Lipinski definition) is 1. The molecule has 0 fully saturated rings. The first-order valence-corrected chi connectivity index (χ1v) is 6.42. The first kappa shape index (κ1) is 15.9. The summed E-state index contributed by atoms with van der Waals surface area (Å²) in [5, 5.41) is 0. The average Bonchev–Trinajstić information content (AvgIpc) is 2.46. The van der Waals surface area contributed by atoms with Crippen LogP contribution >= 0.6 is 0 Å². The van der Waals surface area contributed by atoms with Crippen LogP contribution in [0.4, 0.5) is 0 Å². The molecule has 0 radical (unpaired) electrons. The van der Waals surface area contributed by atoms with Crippen molar-refractivity contribution >= 4 is 11.8 Å². The molecule has 108 valence electrons. The minimum Gasteiger partial charge on any atom is -0.461 e. The van der Waals surface area contributed by atoms with Crippen LogP contribution in [0.1, 0.15) is 18.9 Å². The third kappa shape index (κ3) is 5.67. The van der Waals surface area contributed by atoms with Crippen LogP contribution in [0.25, 0.3) is 0 Å². The number of ether oxygens (including phenoxy) is 1. The average molecular weight is 277 g/mol. The fraction of sp³-hybridized carbons (Fsp3) is 0.333. The van der Waals surface area contributed by atoms with Crippen LogP contribution in [0.5, 0.6) is 0 Å². The van der Waals surface area contributed by atoms with E-state index in [0.29, 0.717) is 12.8 Å². The van der Waals surface area contributed by atoms with Crippen molar-refractivity contribution in [3.05, 3.63) is 47.7 Å². The summed E-state index contributed by atoms with van der Waals surface area (Å²) < 4.78 is 4.82. The number of allylic oxidation sites excluding steroid dienone is 1. The standard InChI is InChI=1S/C15H19NO4/c1-3-20-15(18)14(16-19-2)11-13(17)10-9-12-7-5-4-6-8-12/h4-8,11,16H,3,9-10H2,1-2H3/b14-11-. The van der Waals surface area contributed by atoms with Crippen molar-refractivity contribution in [2.75, 3.05) is 13.7 Å². The van der Waals surface area contributed by atoms with E-state index in [9.17, 15) is 9.59 Å². The molecule has 0 saturated carbocycles. The van der Waals surface area contributed by atoms with Crippen molar-refractivity contribution < 1.29 is 19.2 Å². The van der Waals surface area contributed by atoms with Crippen LogP contribution in [0, 0.1) is 0 Å². The van der Waals surface area contributed by atoms with Crippen molar-refractivity contribution in [3.63, 3.8) is 0 Å². The van der Waals surface area contributed by atoms with Crippen molar-refractivity contribution in [3.8, 4) is 0 Å². The minimum absolute atomic E-state index is 0.00686. The predicted molar refractivity (Wildman–Crippen MR) is 74.6 cm³/mol. The first-order chi connectivity index (χ1) is 9.67. The van der Waals surface area contributed by atoms with Crippen LogP contribution in [-0.2, 0) is 25.6 Å². The summed E-state index contributed by atoms with van der Waals surface area (Å²) in [6.07, 6.45) is 2.15. The van der Waals surface area contributed by atoms with E-state index in [1.165, 1.54) is 13.2 Å². The van der Waals surface area contributed by atoms with Crippen LogP contribution in [0.3, 0.4) is 0 Å². The number of carbonyl (C=O) groups is 2. The lowest BCUT2D eigenvalue weighted by molar-refractivity contribution is -0.140. The SMILES string of the molecule is CCOC(=O)/C(=C/C(=O)CCc1ccccc1)NOC. The molecule has 0 spiro atoms. The Kier molecular flexibility index (Phi) is 7.06. The van der Waals surface area contributed by atoms with Gasteiger partial charge in [0.05, 0.1) is 13.7 Å². The van der Waals surface area contributed by atoms with E-state index in [4.69, 9.17) is 4.74 Å². The normalized spacial score (nSPS) is 11.0. The fourth-order valence-electron chi connectivity index (χ4n) is 1.59. The maximum atomic E-state index is 11.8. The summed E-state index contributed by atoms with van der Waals surface area (Å²) >= 11 is 0. The lowest BCUT2D eigenvalue weighted by atomic mass is 10.1. The molecule has 0 heterocycles. The van der Waals surface area contributed by atoms with Crippen LogP contribution < -0.4 is 5.48 Å². The Morgan fingerprint density at radius 2 is 1.95 bits per heavy atom. The number of hydrogen-bond acceptors (Lipinski definition) is 5. The molecule has 1 aromatic carbocycles. The maximum Gasteiger partial charge on any atom is 0.356 e. The number of carbonyl (C=O) groups excluding carboxylic acids is 2. The molecule has 0 aromatic heterocycles. The van der Waals surface area contributed by atoms with Crippen LogP contribution in [-0.4, -0.2) is 25.5 Å². The summed E-state index contributed by atoms with van der Waals surface area (Å²) in [5.41, 5.74) is 3.44. The quantitative estimate of drug-likeness (QED) is 0.446. The molecule has 1 rings (SSSR count). The highest BCUT2D eigenvalue weighted by Crippen LogP contribution is 2.04. The van der Waals surface area contributed by atoms with Gasteiger partial charge < -0.3 is 4.74 Å². The van der Waals surface area contributed by atoms with Gasteiger partial charge in [0.15, 0.2) is 5.78 Å². The van der Waals surface area contributed by atoms with E-state index in [-0.39, 0.29) is 18.1 Å². The van der Waals surface area contributed by atoms with E-state index >= 15 is 0 Å². The molecule has 0 aliphatic carbocycles. The number of ketones is 1. The Hall–Kier alpha value is -2.14. The highest BCUT2D eigenvalue weighted by molar-refractivity contribution is 5.98. The molecular formula is C15H19NO4. The topological polar surface area (TPSA) is 64.6 Å². The van der Waals surface area contributed by atoms with E-state index in [1.807, 2.05) is 30.3 Å². The summed E-state index contributed by atoms with van der Waals surface area (Å²) in [7, 11) is 1.36. The van der Waals surface area contributed by atoms with E-state index in [0.717, 1.165) is 5.56 Å². The van der Waals surface area contributed by atoms with Gasteiger partial charge >= 0.3 is 5.97 Å². The van der Waals surface area contributed by atoms with Gasteiger partial charge in [-0.3, -0.25) is 15.1 Å². The second kappa shape index (κ2) is 8.87. The molecule has 0 aliphatic heterocycles. The predicted octanol–water partition coefficient (Wildman–Crippen LogP) is 1.79. The molecule has 20 heavy (non-hydrogen) atoms. The maximum absolute atomic E-state index is 11.8. The molecule has 0 unspecified atom stereocenters. The molecule has 1 N–H and O–H groups in total. The van der Waals surface area contributed by atoms with Crippen molar-refractivity contribution in [1.82, 2.24) is 5.48 Å². The van der Waals surface area contributed by atoms with E-state index < -0.39 is 5.97 Å². The number of benzene rings is 1. The zero-order valence-corrected chi connectivity index (χ0v) is 11.7. The summed E-state index contributed by atoms with van der Waals surface area (Å²) in [4.78, 5) is 28.1. The van der Waals surface area contributed by atoms with Gasteiger partial charge in [0.2, 0.25) is 0 Å². The first-order valence-electron chi connectivity index (χ1n) is 6.42. The molecule has 5 heteroatoms. The Morgan fingerprint density at radius 3 is 2.55 bits per heavy atom. The van der Waals surface area contributed by atoms with Crippen LogP contribution in [0.15, 0.2) is 42.1 Å². The molecule has 0 atom stereocenters. The fourth-order valence-corrected chi connectivity index (χ4v) is 1.59. The molecule has 0 saturated heterocycles. The van der Waals surface area contributed by atoms with E-state index in [1.54, 1.807) is 6.92 Å². The number of esters is 1. The van der Waals surface area contributed by atoms with E-state index in [2.05, 4.69) is 10.3 Å². The highest BCUT2D eigenvalue weighted by Gasteiger charge is 2.12. The second-order valence-corrected chi connectivity index (χ2v) is 4.04. The van der Waals surface area contributed by atoms with Gasteiger partial charge in [-0.15, -0.1) is 0 Å². The van der Waals surface area contributed by atoms with Gasteiger partial charge in [-0.2, -0.15) is 0 Å². The van der Waals surface area contributed by atoms with Gasteiger partial charge in [0.25, 0.3) is 0 Å². The minimum atomic E-state index is -0.609. The Balaban J connectivity index is 2.59. The number of aryl methyl sites for hydroxylation is 1. The third-order valence-corrected chi connectivity index (χ3v) is 2.52. The van der Waals surface area contributed by atoms with Gasteiger partial charge in [-0.25, -0.2) is 4.79 Å². The van der Waals surface area contributed by atoms with Gasteiger partial charge in [-0.05, 0) is 18.9 Å². The van der Waals surface area contributed by atoms with Crippen molar-refractivity contribution in [2.24, 2.45) is 0 Å². The van der Waals surface area contributed by atoms with Crippen LogP contribution in [0.2, 0.25) is 0 Å². The Bertz CT molecular complexity index is 468. The lowest BCUT2D eigenvalue weighted by Gasteiger charge is -2.07. The largest absolute Gasteiger partial charge is 0.461 e. The molecule has 0 amide bonds. The molecule has 1 aromatic rings. The smallest absolute Gasteiger partial charge is 0.356 e. The summed E-state index contributed by atoms with van der Waals surface area (Å²) in [6.45, 7) is 1.93. The monoisotopic (exact) mass is 277 g/mol. The zero-order chi connectivity index (χ0) is 14.8. The van der Waals surface area contributed by atoms with Gasteiger partial charge in [-0.1, -0.05) is 30.3 Å².